The lowest BCUT2D eigenvalue weighted by atomic mass is 10.1. The number of hydrogen-bond acceptors (Lipinski definition) is 4. The molecule has 1 saturated heterocycles. The van der Waals surface area contributed by atoms with Crippen molar-refractivity contribution in [3.05, 3.63) is 65.2 Å². The quantitative estimate of drug-likeness (QED) is 0.851. The molecule has 2 aromatic carbocycles. The molecular formula is C20H21N3O2S. The number of carbonyl (C=O) groups excluding carboxylic acids is 2. The summed E-state index contributed by atoms with van der Waals surface area (Å²) in [6.45, 7) is 4.43. The van der Waals surface area contributed by atoms with Gasteiger partial charge in [0.2, 0.25) is 11.8 Å². The minimum Gasteiger partial charge on any atom is -0.326 e. The molecule has 3 rings (SSSR count). The Bertz CT molecular complexity index is 849. The highest BCUT2D eigenvalue weighted by atomic mass is 32.2. The van der Waals surface area contributed by atoms with Crippen molar-refractivity contribution in [2.45, 2.75) is 32.1 Å². The smallest absolute Gasteiger partial charge is 0.240 e. The van der Waals surface area contributed by atoms with Crippen LogP contribution in [-0.2, 0) is 16.1 Å². The minimum absolute atomic E-state index is 0.119. The van der Waals surface area contributed by atoms with Crippen molar-refractivity contribution in [2.75, 3.05) is 5.32 Å². The molecule has 0 radical (unpaired) electrons. The Morgan fingerprint density at radius 1 is 1.19 bits per heavy atom. The highest BCUT2D eigenvalue weighted by Crippen LogP contribution is 2.24. The molecular weight excluding hydrogens is 346 g/mol. The van der Waals surface area contributed by atoms with Gasteiger partial charge in [-0.05, 0) is 36.6 Å². The Kier molecular flexibility index (Phi) is 5.73. The first-order valence-electron chi connectivity index (χ1n) is 8.44. The maximum atomic E-state index is 12.3. The van der Waals surface area contributed by atoms with Gasteiger partial charge in [-0.25, -0.2) is 0 Å². The van der Waals surface area contributed by atoms with Gasteiger partial charge in [-0.1, -0.05) is 54.2 Å². The molecule has 134 valence electrons. The number of anilines is 1. The Hall–Kier alpha value is -2.60. The lowest BCUT2D eigenvalue weighted by molar-refractivity contribution is -0.122. The van der Waals surface area contributed by atoms with E-state index in [0.29, 0.717) is 11.7 Å². The first-order valence-corrected chi connectivity index (χ1v) is 9.32. The molecule has 0 aromatic heterocycles. The molecule has 1 aliphatic heterocycles. The number of nitrogens with zero attached hydrogens (tertiary/aromatic N) is 1. The first kappa shape index (κ1) is 18.2. The number of nitrogens with one attached hydrogen (secondary N) is 2. The fourth-order valence-electron chi connectivity index (χ4n) is 2.60. The summed E-state index contributed by atoms with van der Waals surface area (Å²) in [4.78, 5) is 28.9. The van der Waals surface area contributed by atoms with E-state index < -0.39 is 5.25 Å². The summed E-state index contributed by atoms with van der Waals surface area (Å²) >= 11 is 1.31. The predicted molar refractivity (Wildman–Crippen MR) is 106 cm³/mol. The second-order valence-electron chi connectivity index (χ2n) is 6.27. The molecule has 0 bridgehead atoms. The lowest BCUT2D eigenvalue weighted by Crippen LogP contribution is -2.28. The molecule has 5 nitrogen and oxygen atoms in total. The highest BCUT2D eigenvalue weighted by molar-refractivity contribution is 8.15. The van der Waals surface area contributed by atoms with E-state index in [2.05, 4.69) is 15.6 Å². The third kappa shape index (κ3) is 4.73. The maximum Gasteiger partial charge on any atom is 0.240 e. The van der Waals surface area contributed by atoms with Crippen LogP contribution in [0.1, 0.15) is 23.1 Å². The van der Waals surface area contributed by atoms with Gasteiger partial charge in [0.1, 0.15) is 5.25 Å². The van der Waals surface area contributed by atoms with Crippen LogP contribution < -0.4 is 10.6 Å². The van der Waals surface area contributed by atoms with Gasteiger partial charge >= 0.3 is 0 Å². The second kappa shape index (κ2) is 8.19. The van der Waals surface area contributed by atoms with Gasteiger partial charge in [-0.15, -0.1) is 0 Å². The van der Waals surface area contributed by atoms with Crippen molar-refractivity contribution < 1.29 is 9.59 Å². The summed E-state index contributed by atoms with van der Waals surface area (Å²) in [6, 6.07) is 15.7. The fraction of sp³-hybridized carbons (Fsp3) is 0.250. The largest absolute Gasteiger partial charge is 0.326 e. The monoisotopic (exact) mass is 367 g/mol. The molecule has 26 heavy (non-hydrogen) atoms. The topological polar surface area (TPSA) is 70.6 Å². The molecule has 1 heterocycles. The van der Waals surface area contributed by atoms with Gasteiger partial charge in [0.25, 0.3) is 0 Å². The molecule has 1 unspecified atom stereocenters. The molecule has 2 aromatic rings. The maximum absolute atomic E-state index is 12.3. The zero-order valence-electron chi connectivity index (χ0n) is 14.8. The molecule has 1 aliphatic rings. The van der Waals surface area contributed by atoms with Crippen LogP contribution in [0.25, 0.3) is 0 Å². The number of aryl methyl sites for hydroxylation is 2. The van der Waals surface area contributed by atoms with Gasteiger partial charge in [-0.2, -0.15) is 0 Å². The van der Waals surface area contributed by atoms with Crippen LogP contribution >= 0.6 is 11.8 Å². The van der Waals surface area contributed by atoms with E-state index in [-0.39, 0.29) is 18.2 Å². The van der Waals surface area contributed by atoms with E-state index in [0.717, 1.165) is 22.4 Å². The van der Waals surface area contributed by atoms with E-state index in [9.17, 15) is 9.59 Å². The highest BCUT2D eigenvalue weighted by Gasteiger charge is 2.32. The molecule has 0 spiro atoms. The van der Waals surface area contributed by atoms with Crippen LogP contribution in [0.4, 0.5) is 5.69 Å². The van der Waals surface area contributed by atoms with Crippen LogP contribution in [0, 0.1) is 13.8 Å². The number of thioether (sulfide) groups is 1. The van der Waals surface area contributed by atoms with Crippen molar-refractivity contribution in [3.63, 3.8) is 0 Å². The third-order valence-corrected chi connectivity index (χ3v) is 5.18. The number of hydrogen-bond donors (Lipinski definition) is 2. The standard InChI is InChI=1S/C20H21N3O2S/c1-13-8-9-14(2)16(10-13)22-18(24)11-17-19(25)23-20(26-17)21-12-15-6-4-3-5-7-15/h3-10,17H,11-12H2,1-2H3,(H,22,24)(H,21,23,25). The molecule has 2 amide bonds. The molecule has 0 saturated carbocycles. The van der Waals surface area contributed by atoms with Crippen molar-refractivity contribution in [3.8, 4) is 0 Å². The number of carbonyl (C=O) groups is 2. The zero-order chi connectivity index (χ0) is 18.5. The van der Waals surface area contributed by atoms with Gasteiger partial charge in [0.05, 0.1) is 6.54 Å². The third-order valence-electron chi connectivity index (χ3n) is 4.06. The van der Waals surface area contributed by atoms with Gasteiger partial charge in [-0.3, -0.25) is 14.6 Å². The van der Waals surface area contributed by atoms with Crippen LogP contribution in [0.2, 0.25) is 0 Å². The Labute approximate surface area is 157 Å². The summed E-state index contributed by atoms with van der Waals surface area (Å²) in [5.74, 6) is -0.339. The van der Waals surface area contributed by atoms with Crippen molar-refractivity contribution in [1.29, 1.82) is 0 Å². The SMILES string of the molecule is Cc1ccc(C)c(NC(=O)CC2SC(=NCc3ccccc3)NC2=O)c1. The normalized spacial score (nSPS) is 18.0. The second-order valence-corrected chi connectivity index (χ2v) is 7.46. The molecule has 0 aliphatic carbocycles. The van der Waals surface area contributed by atoms with E-state index in [1.807, 2.05) is 62.4 Å². The minimum atomic E-state index is -0.449. The predicted octanol–water partition coefficient (Wildman–Crippen LogP) is 3.42. The number of amides is 2. The fourth-order valence-corrected chi connectivity index (χ4v) is 3.57. The van der Waals surface area contributed by atoms with Crippen LogP contribution in [0.3, 0.4) is 0 Å². The van der Waals surface area contributed by atoms with E-state index in [1.54, 1.807) is 0 Å². The van der Waals surface area contributed by atoms with Crippen LogP contribution in [0.5, 0.6) is 0 Å². The van der Waals surface area contributed by atoms with Gasteiger partial charge in [0, 0.05) is 12.1 Å². The Morgan fingerprint density at radius 3 is 2.73 bits per heavy atom. The average Bonchev–Trinajstić information content (AvgIpc) is 2.97. The van der Waals surface area contributed by atoms with Crippen molar-refractivity contribution in [2.24, 2.45) is 4.99 Å². The molecule has 1 atom stereocenters. The summed E-state index contributed by atoms with van der Waals surface area (Å²) in [7, 11) is 0. The average molecular weight is 367 g/mol. The number of amidine groups is 1. The van der Waals surface area contributed by atoms with Crippen LogP contribution in [-0.4, -0.2) is 22.2 Å². The Morgan fingerprint density at radius 2 is 1.96 bits per heavy atom. The van der Waals surface area contributed by atoms with Crippen molar-refractivity contribution >= 4 is 34.4 Å². The summed E-state index contributed by atoms with van der Waals surface area (Å²) < 4.78 is 0. The summed E-state index contributed by atoms with van der Waals surface area (Å²) in [5, 5.41) is 5.78. The molecule has 2 N–H and O–H groups in total. The zero-order valence-corrected chi connectivity index (χ0v) is 15.6. The molecule has 1 fully saturated rings. The molecule has 6 heteroatoms. The van der Waals surface area contributed by atoms with Crippen LogP contribution in [0.15, 0.2) is 53.5 Å². The Balaban J connectivity index is 1.57. The van der Waals surface area contributed by atoms with E-state index in [4.69, 9.17) is 0 Å². The van der Waals surface area contributed by atoms with E-state index in [1.165, 1.54) is 11.8 Å². The first-order chi connectivity index (χ1) is 12.5. The van der Waals surface area contributed by atoms with E-state index >= 15 is 0 Å². The summed E-state index contributed by atoms with van der Waals surface area (Å²) in [6.07, 6.45) is 0.119. The van der Waals surface area contributed by atoms with Crippen molar-refractivity contribution in [1.82, 2.24) is 5.32 Å². The number of rotatable bonds is 5. The van der Waals surface area contributed by atoms with Gasteiger partial charge in [0.15, 0.2) is 5.17 Å². The summed E-state index contributed by atoms with van der Waals surface area (Å²) in [5.41, 5.74) is 3.94. The number of aliphatic imine (C=N–C) groups is 1. The lowest BCUT2D eigenvalue weighted by Gasteiger charge is -2.10. The number of benzene rings is 2. The van der Waals surface area contributed by atoms with Gasteiger partial charge < -0.3 is 10.6 Å².